The van der Waals surface area contributed by atoms with Crippen molar-refractivity contribution >= 4 is 5.97 Å². The third-order valence-corrected chi connectivity index (χ3v) is 3.03. The zero-order valence-corrected chi connectivity index (χ0v) is 10.9. The van der Waals surface area contributed by atoms with Crippen LogP contribution in [0.25, 0.3) is 0 Å². The Morgan fingerprint density at radius 1 is 1.44 bits per heavy atom. The average molecular weight is 251 g/mol. The molecule has 0 aromatic heterocycles. The number of hydrogen-bond donors (Lipinski definition) is 2. The van der Waals surface area contributed by atoms with Gasteiger partial charge in [-0.1, -0.05) is 37.3 Å². The quantitative estimate of drug-likeness (QED) is 0.777. The number of carboxylic acids is 1. The molecule has 0 radical (unpaired) electrons. The van der Waals surface area contributed by atoms with Gasteiger partial charge in [0, 0.05) is 5.54 Å². The fourth-order valence-corrected chi connectivity index (χ4v) is 1.99. The van der Waals surface area contributed by atoms with E-state index in [-0.39, 0.29) is 6.61 Å². The molecule has 1 aromatic carbocycles. The molecule has 0 spiro atoms. The van der Waals surface area contributed by atoms with Crippen molar-refractivity contribution in [3.8, 4) is 0 Å². The third-order valence-electron chi connectivity index (χ3n) is 3.03. The summed E-state index contributed by atoms with van der Waals surface area (Å²) in [6.07, 6.45) is 0.497. The normalized spacial score (nSPS) is 15.9. The molecule has 0 fully saturated rings. The number of carbonyl (C=O) groups is 1. The van der Waals surface area contributed by atoms with Crippen LogP contribution in [-0.4, -0.2) is 23.2 Å². The number of rotatable bonds is 7. The van der Waals surface area contributed by atoms with E-state index >= 15 is 0 Å². The lowest BCUT2D eigenvalue weighted by molar-refractivity contribution is -0.145. The molecule has 18 heavy (non-hydrogen) atoms. The van der Waals surface area contributed by atoms with Crippen molar-refractivity contribution in [2.75, 3.05) is 6.61 Å². The van der Waals surface area contributed by atoms with Gasteiger partial charge in [0.2, 0.25) is 0 Å². The maximum absolute atomic E-state index is 11.1. The van der Waals surface area contributed by atoms with Crippen LogP contribution in [0.4, 0.5) is 0 Å². The highest BCUT2D eigenvalue weighted by Gasteiger charge is 2.34. The Hall–Kier alpha value is -1.39. The highest BCUT2D eigenvalue weighted by molar-refractivity contribution is 5.71. The van der Waals surface area contributed by atoms with Crippen molar-refractivity contribution in [3.63, 3.8) is 0 Å². The Morgan fingerprint density at radius 3 is 2.56 bits per heavy atom. The summed E-state index contributed by atoms with van der Waals surface area (Å²) >= 11 is 0. The lowest BCUT2D eigenvalue weighted by atomic mass is 9.85. The zero-order chi connectivity index (χ0) is 13.6. The number of aliphatic carboxylic acids is 1. The molecule has 0 aliphatic carbocycles. The van der Waals surface area contributed by atoms with Gasteiger partial charge < -0.3 is 15.6 Å². The second-order valence-electron chi connectivity index (χ2n) is 4.78. The minimum atomic E-state index is -0.870. The van der Waals surface area contributed by atoms with Gasteiger partial charge in [0.25, 0.3) is 0 Å². The summed E-state index contributed by atoms with van der Waals surface area (Å²) < 4.78 is 5.53. The molecular formula is C14H21NO3. The molecule has 2 unspecified atom stereocenters. The lowest BCUT2D eigenvalue weighted by Gasteiger charge is -2.30. The van der Waals surface area contributed by atoms with Crippen LogP contribution >= 0.6 is 0 Å². The maximum Gasteiger partial charge on any atom is 0.308 e. The first-order valence-electron chi connectivity index (χ1n) is 6.10. The van der Waals surface area contributed by atoms with Gasteiger partial charge in [0.05, 0.1) is 19.1 Å². The summed E-state index contributed by atoms with van der Waals surface area (Å²) in [5, 5.41) is 9.09. The van der Waals surface area contributed by atoms with Gasteiger partial charge in [-0.05, 0) is 18.9 Å². The van der Waals surface area contributed by atoms with Gasteiger partial charge in [0.1, 0.15) is 0 Å². The van der Waals surface area contributed by atoms with Gasteiger partial charge in [-0.15, -0.1) is 0 Å². The zero-order valence-electron chi connectivity index (χ0n) is 10.9. The Labute approximate surface area is 108 Å². The van der Waals surface area contributed by atoms with Crippen molar-refractivity contribution in [1.82, 2.24) is 0 Å². The monoisotopic (exact) mass is 251 g/mol. The van der Waals surface area contributed by atoms with Crippen LogP contribution in [0.1, 0.15) is 25.8 Å². The van der Waals surface area contributed by atoms with E-state index in [9.17, 15) is 4.79 Å². The van der Waals surface area contributed by atoms with E-state index in [1.165, 1.54) is 0 Å². The topological polar surface area (TPSA) is 72.5 Å². The van der Waals surface area contributed by atoms with Crippen LogP contribution < -0.4 is 5.73 Å². The molecule has 0 aliphatic heterocycles. The lowest BCUT2D eigenvalue weighted by Crippen LogP contribution is -2.51. The second kappa shape index (κ2) is 6.52. The van der Waals surface area contributed by atoms with Crippen LogP contribution in [0.3, 0.4) is 0 Å². The highest BCUT2D eigenvalue weighted by Crippen LogP contribution is 2.19. The summed E-state index contributed by atoms with van der Waals surface area (Å²) in [4.78, 5) is 11.1. The molecule has 0 bridgehead atoms. The Morgan fingerprint density at radius 2 is 2.06 bits per heavy atom. The van der Waals surface area contributed by atoms with Crippen LogP contribution in [0.5, 0.6) is 0 Å². The summed E-state index contributed by atoms with van der Waals surface area (Å²) in [7, 11) is 0. The predicted molar refractivity (Wildman–Crippen MR) is 70.1 cm³/mol. The van der Waals surface area contributed by atoms with Crippen LogP contribution in [0.2, 0.25) is 0 Å². The molecule has 0 aliphatic rings. The standard InChI is InChI=1S/C14H21NO3/c1-3-12(13(16)17)14(2,15)10-18-9-11-7-5-4-6-8-11/h4-8,12H,3,9-10,15H2,1-2H3,(H,16,17). The van der Waals surface area contributed by atoms with E-state index in [1.807, 2.05) is 37.3 Å². The number of carboxylic acid groups (broad SMARTS) is 1. The Balaban J connectivity index is 2.49. The van der Waals surface area contributed by atoms with Crippen molar-refractivity contribution in [3.05, 3.63) is 35.9 Å². The number of hydrogen-bond acceptors (Lipinski definition) is 3. The largest absolute Gasteiger partial charge is 0.481 e. The van der Waals surface area contributed by atoms with Gasteiger partial charge in [0.15, 0.2) is 0 Å². The van der Waals surface area contributed by atoms with E-state index in [2.05, 4.69) is 0 Å². The first-order chi connectivity index (χ1) is 8.47. The molecule has 4 heteroatoms. The Kier molecular flexibility index (Phi) is 5.31. The van der Waals surface area contributed by atoms with Crippen molar-refractivity contribution < 1.29 is 14.6 Å². The summed E-state index contributed by atoms with van der Waals surface area (Å²) in [6.45, 7) is 4.22. The first kappa shape index (κ1) is 14.7. The van der Waals surface area contributed by atoms with Gasteiger partial charge in [-0.2, -0.15) is 0 Å². The smallest absolute Gasteiger partial charge is 0.308 e. The van der Waals surface area contributed by atoms with Crippen molar-refractivity contribution in [2.45, 2.75) is 32.4 Å². The summed E-state index contributed by atoms with van der Waals surface area (Å²) in [6, 6.07) is 9.73. The third kappa shape index (κ3) is 4.13. The van der Waals surface area contributed by atoms with E-state index < -0.39 is 17.4 Å². The average Bonchev–Trinajstić information content (AvgIpc) is 2.30. The molecule has 1 rings (SSSR count). The van der Waals surface area contributed by atoms with E-state index in [4.69, 9.17) is 15.6 Å². The minimum absolute atomic E-state index is 0.229. The molecule has 0 amide bonds. The SMILES string of the molecule is CCC(C(=O)O)C(C)(N)COCc1ccccc1. The fraction of sp³-hybridized carbons (Fsp3) is 0.500. The van der Waals surface area contributed by atoms with E-state index in [0.717, 1.165) is 5.56 Å². The summed E-state index contributed by atoms with van der Waals surface area (Å²) in [5.74, 6) is -1.46. The molecule has 100 valence electrons. The number of ether oxygens (including phenoxy) is 1. The minimum Gasteiger partial charge on any atom is -0.481 e. The number of nitrogens with two attached hydrogens (primary N) is 1. The first-order valence-corrected chi connectivity index (χ1v) is 6.10. The van der Waals surface area contributed by atoms with Crippen molar-refractivity contribution in [2.24, 2.45) is 11.7 Å². The molecule has 1 aromatic rings. The number of benzene rings is 1. The van der Waals surface area contributed by atoms with Gasteiger partial charge in [-0.3, -0.25) is 4.79 Å². The summed E-state index contributed by atoms with van der Waals surface area (Å²) in [5.41, 5.74) is 6.23. The molecule has 0 heterocycles. The van der Waals surface area contributed by atoms with E-state index in [0.29, 0.717) is 13.0 Å². The Bertz CT molecular complexity index is 376. The molecule has 4 nitrogen and oxygen atoms in total. The second-order valence-corrected chi connectivity index (χ2v) is 4.78. The van der Waals surface area contributed by atoms with Crippen LogP contribution in [-0.2, 0) is 16.1 Å². The highest BCUT2D eigenvalue weighted by atomic mass is 16.5. The molecule has 3 N–H and O–H groups in total. The molecular weight excluding hydrogens is 230 g/mol. The van der Waals surface area contributed by atoms with Crippen LogP contribution in [0.15, 0.2) is 30.3 Å². The molecule has 0 saturated heterocycles. The van der Waals surface area contributed by atoms with E-state index in [1.54, 1.807) is 6.92 Å². The van der Waals surface area contributed by atoms with Gasteiger partial charge in [-0.25, -0.2) is 0 Å². The molecule has 2 atom stereocenters. The fourth-order valence-electron chi connectivity index (χ4n) is 1.99. The predicted octanol–water partition coefficient (Wildman–Crippen LogP) is 2.03. The van der Waals surface area contributed by atoms with Crippen LogP contribution in [0, 0.1) is 5.92 Å². The molecule has 0 saturated carbocycles. The van der Waals surface area contributed by atoms with Crippen molar-refractivity contribution in [1.29, 1.82) is 0 Å². The van der Waals surface area contributed by atoms with Gasteiger partial charge >= 0.3 is 5.97 Å². The maximum atomic E-state index is 11.1.